The highest BCUT2D eigenvalue weighted by Gasteiger charge is 2.25. The molecule has 1 aromatic heterocycles. The second-order valence-corrected chi connectivity index (χ2v) is 5.69. The Balaban J connectivity index is 2.00. The summed E-state index contributed by atoms with van der Waals surface area (Å²) in [5.41, 5.74) is 0.932. The molecule has 104 valence electrons. The van der Waals surface area contributed by atoms with Crippen LogP contribution >= 0.6 is 11.3 Å². The van der Waals surface area contributed by atoms with Crippen molar-refractivity contribution in [2.75, 3.05) is 19.8 Å². The van der Waals surface area contributed by atoms with Crippen LogP contribution in [0, 0.1) is 0 Å². The maximum atomic E-state index is 12.3. The summed E-state index contributed by atoms with van der Waals surface area (Å²) in [6.07, 6.45) is 1.29. The summed E-state index contributed by atoms with van der Waals surface area (Å²) in [6.45, 7) is 5.53. The van der Waals surface area contributed by atoms with E-state index in [2.05, 4.69) is 6.92 Å². The van der Waals surface area contributed by atoms with E-state index in [0.29, 0.717) is 26.2 Å². The summed E-state index contributed by atoms with van der Waals surface area (Å²) < 4.78 is 5.40. The maximum absolute atomic E-state index is 12.3. The van der Waals surface area contributed by atoms with Crippen molar-refractivity contribution in [3.05, 3.63) is 21.9 Å². The van der Waals surface area contributed by atoms with Crippen LogP contribution in [0.3, 0.4) is 0 Å². The monoisotopic (exact) mass is 281 g/mol. The smallest absolute Gasteiger partial charge is 0.227 e. The van der Waals surface area contributed by atoms with Crippen LogP contribution in [-0.2, 0) is 16.0 Å². The Hall–Kier alpha value is -1.20. The Morgan fingerprint density at radius 2 is 2.32 bits per heavy atom. The molecule has 1 atom stereocenters. The van der Waals surface area contributed by atoms with E-state index in [-0.39, 0.29) is 17.7 Å². The quantitative estimate of drug-likeness (QED) is 0.794. The number of morpholine rings is 1. The number of rotatable bonds is 4. The standard InChI is InChI=1S/C14H19NO3S/c1-3-12-8-18-5-4-15(12)14(17)7-11-6-13(10(2)16)19-9-11/h6,9,12H,3-5,7-8H2,1-2H3/t12-/m0/s1. The van der Waals surface area contributed by atoms with Gasteiger partial charge in [-0.25, -0.2) is 0 Å². The van der Waals surface area contributed by atoms with E-state index in [1.54, 1.807) is 6.92 Å². The van der Waals surface area contributed by atoms with E-state index >= 15 is 0 Å². The van der Waals surface area contributed by atoms with Crippen molar-refractivity contribution in [3.63, 3.8) is 0 Å². The van der Waals surface area contributed by atoms with Gasteiger partial charge in [0.25, 0.3) is 0 Å². The largest absolute Gasteiger partial charge is 0.377 e. The fourth-order valence-corrected chi connectivity index (χ4v) is 3.07. The molecule has 5 heteroatoms. The summed E-state index contributed by atoms with van der Waals surface area (Å²) >= 11 is 1.41. The summed E-state index contributed by atoms with van der Waals surface area (Å²) in [5.74, 6) is 0.185. The first-order valence-electron chi connectivity index (χ1n) is 6.57. The van der Waals surface area contributed by atoms with Gasteiger partial charge in [0, 0.05) is 6.54 Å². The molecule has 0 unspecified atom stereocenters. The Labute approximate surface area is 117 Å². The number of hydrogen-bond donors (Lipinski definition) is 0. The molecule has 1 aromatic rings. The van der Waals surface area contributed by atoms with Gasteiger partial charge in [-0.05, 0) is 30.4 Å². The first-order chi connectivity index (χ1) is 9.11. The number of thiophene rings is 1. The van der Waals surface area contributed by atoms with Gasteiger partial charge in [-0.2, -0.15) is 0 Å². The number of hydrogen-bond acceptors (Lipinski definition) is 4. The fourth-order valence-electron chi connectivity index (χ4n) is 2.25. The lowest BCUT2D eigenvalue weighted by Gasteiger charge is -2.35. The molecule has 0 N–H and O–H groups in total. The van der Waals surface area contributed by atoms with Gasteiger partial charge in [0.1, 0.15) is 0 Å². The summed E-state index contributed by atoms with van der Waals surface area (Å²) in [6, 6.07) is 2.01. The van der Waals surface area contributed by atoms with Crippen LogP contribution < -0.4 is 0 Å². The molecule has 0 bridgehead atoms. The average Bonchev–Trinajstić information content (AvgIpc) is 2.87. The van der Waals surface area contributed by atoms with E-state index < -0.39 is 0 Å². The highest BCUT2D eigenvalue weighted by molar-refractivity contribution is 7.12. The second kappa shape index (κ2) is 6.30. The van der Waals surface area contributed by atoms with Gasteiger partial charge in [-0.1, -0.05) is 6.92 Å². The third-order valence-corrected chi connectivity index (χ3v) is 4.46. The van der Waals surface area contributed by atoms with Gasteiger partial charge in [0.05, 0.1) is 30.6 Å². The zero-order chi connectivity index (χ0) is 13.8. The predicted octanol–water partition coefficient (Wildman–Crippen LogP) is 2.13. The molecule has 19 heavy (non-hydrogen) atoms. The number of amides is 1. The molecule has 2 heterocycles. The van der Waals surface area contributed by atoms with Gasteiger partial charge >= 0.3 is 0 Å². The van der Waals surface area contributed by atoms with Gasteiger partial charge in [-0.15, -0.1) is 11.3 Å². The summed E-state index contributed by atoms with van der Waals surface area (Å²) in [7, 11) is 0. The number of ether oxygens (including phenoxy) is 1. The molecule has 1 aliphatic rings. The van der Waals surface area contributed by atoms with E-state index in [4.69, 9.17) is 4.74 Å². The minimum atomic E-state index is 0.0570. The fraction of sp³-hybridized carbons (Fsp3) is 0.571. The zero-order valence-corrected chi connectivity index (χ0v) is 12.2. The molecular formula is C14H19NO3S. The first-order valence-corrected chi connectivity index (χ1v) is 7.45. The molecule has 4 nitrogen and oxygen atoms in total. The van der Waals surface area contributed by atoms with Gasteiger partial charge in [0.2, 0.25) is 5.91 Å². The minimum absolute atomic E-state index is 0.0570. The second-order valence-electron chi connectivity index (χ2n) is 4.78. The van der Waals surface area contributed by atoms with Crippen molar-refractivity contribution in [2.24, 2.45) is 0 Å². The molecule has 1 saturated heterocycles. The van der Waals surface area contributed by atoms with Crippen LogP contribution in [0.15, 0.2) is 11.4 Å². The molecule has 2 rings (SSSR count). The van der Waals surface area contributed by atoms with E-state index in [0.717, 1.165) is 16.9 Å². The maximum Gasteiger partial charge on any atom is 0.227 e. The van der Waals surface area contributed by atoms with Crippen LogP contribution in [-0.4, -0.2) is 42.4 Å². The Morgan fingerprint density at radius 3 is 2.95 bits per heavy atom. The Kier molecular flexibility index (Phi) is 4.71. The highest BCUT2D eigenvalue weighted by atomic mass is 32.1. The van der Waals surface area contributed by atoms with Crippen molar-refractivity contribution in [1.82, 2.24) is 4.90 Å². The van der Waals surface area contributed by atoms with Crippen LogP contribution in [0.4, 0.5) is 0 Å². The van der Waals surface area contributed by atoms with Crippen molar-refractivity contribution < 1.29 is 14.3 Å². The van der Waals surface area contributed by atoms with Crippen molar-refractivity contribution in [3.8, 4) is 0 Å². The Morgan fingerprint density at radius 1 is 1.53 bits per heavy atom. The van der Waals surface area contributed by atoms with Crippen LogP contribution in [0.5, 0.6) is 0 Å². The summed E-state index contributed by atoms with van der Waals surface area (Å²) in [5, 5.41) is 1.90. The SMILES string of the molecule is CC[C@H]1COCCN1C(=O)Cc1csc(C(C)=O)c1. The van der Waals surface area contributed by atoms with Gasteiger partial charge < -0.3 is 9.64 Å². The normalized spacial score (nSPS) is 19.5. The lowest BCUT2D eigenvalue weighted by Crippen LogP contribution is -2.48. The number of carbonyl (C=O) groups is 2. The lowest BCUT2D eigenvalue weighted by molar-refractivity contribution is -0.139. The molecule has 0 aliphatic carbocycles. The molecule has 0 radical (unpaired) electrons. The third kappa shape index (κ3) is 3.42. The average molecular weight is 281 g/mol. The number of Topliss-reactive ketones (excluding diaryl/α,β-unsaturated/α-hetero) is 1. The lowest BCUT2D eigenvalue weighted by atomic mass is 10.1. The predicted molar refractivity (Wildman–Crippen MR) is 74.6 cm³/mol. The Bertz CT molecular complexity index is 469. The summed E-state index contributed by atoms with van der Waals surface area (Å²) in [4.78, 5) is 26.2. The molecule has 1 aliphatic heterocycles. The first kappa shape index (κ1) is 14.2. The van der Waals surface area contributed by atoms with Crippen LogP contribution in [0.25, 0.3) is 0 Å². The highest BCUT2D eigenvalue weighted by Crippen LogP contribution is 2.18. The molecule has 0 saturated carbocycles. The van der Waals surface area contributed by atoms with Gasteiger partial charge in [0.15, 0.2) is 5.78 Å². The molecule has 1 fully saturated rings. The zero-order valence-electron chi connectivity index (χ0n) is 11.3. The molecule has 1 amide bonds. The number of nitrogens with zero attached hydrogens (tertiary/aromatic N) is 1. The van der Waals surface area contributed by atoms with Crippen molar-refractivity contribution in [1.29, 1.82) is 0 Å². The number of carbonyl (C=O) groups excluding carboxylic acids is 2. The van der Waals surface area contributed by atoms with Crippen LogP contribution in [0.2, 0.25) is 0 Å². The minimum Gasteiger partial charge on any atom is -0.377 e. The van der Waals surface area contributed by atoms with Crippen LogP contribution in [0.1, 0.15) is 35.5 Å². The van der Waals surface area contributed by atoms with E-state index in [1.807, 2.05) is 16.3 Å². The van der Waals surface area contributed by atoms with E-state index in [1.165, 1.54) is 11.3 Å². The van der Waals surface area contributed by atoms with E-state index in [9.17, 15) is 9.59 Å². The molecule has 0 spiro atoms. The number of ketones is 1. The van der Waals surface area contributed by atoms with Gasteiger partial charge in [-0.3, -0.25) is 9.59 Å². The third-order valence-electron chi connectivity index (χ3n) is 3.38. The van der Waals surface area contributed by atoms with Crippen molar-refractivity contribution >= 4 is 23.0 Å². The van der Waals surface area contributed by atoms with Crippen molar-refractivity contribution in [2.45, 2.75) is 32.7 Å². The topological polar surface area (TPSA) is 46.6 Å². The molecular weight excluding hydrogens is 262 g/mol. The molecule has 0 aromatic carbocycles.